The Kier molecular flexibility index (Phi) is 4.96. The first kappa shape index (κ1) is 14.1. The van der Waals surface area contributed by atoms with Gasteiger partial charge in [0.2, 0.25) is 11.8 Å². The lowest BCUT2D eigenvalue weighted by atomic mass is 9.86. The molecule has 2 unspecified atom stereocenters. The van der Waals surface area contributed by atoms with Gasteiger partial charge in [0.1, 0.15) is 0 Å². The largest absolute Gasteiger partial charge is 0.478 e. The Balaban J connectivity index is 1.94. The molecule has 0 aromatic carbocycles. The molecular formula is C14H23N3O2. The van der Waals surface area contributed by atoms with Crippen molar-refractivity contribution >= 4 is 5.95 Å². The Bertz CT molecular complexity index is 412. The van der Waals surface area contributed by atoms with Crippen molar-refractivity contribution < 1.29 is 9.84 Å². The number of aliphatic hydroxyl groups is 1. The van der Waals surface area contributed by atoms with Gasteiger partial charge in [0.05, 0.1) is 12.7 Å². The maximum absolute atomic E-state index is 9.93. The van der Waals surface area contributed by atoms with E-state index < -0.39 is 0 Å². The van der Waals surface area contributed by atoms with Gasteiger partial charge >= 0.3 is 0 Å². The topological polar surface area (TPSA) is 67.3 Å². The Hall–Kier alpha value is -1.36. The molecular weight excluding hydrogens is 242 g/mol. The zero-order valence-electron chi connectivity index (χ0n) is 11.7. The van der Waals surface area contributed by atoms with Crippen LogP contribution in [0.4, 0.5) is 5.95 Å². The highest BCUT2D eigenvalue weighted by molar-refractivity contribution is 5.30. The van der Waals surface area contributed by atoms with E-state index in [0.29, 0.717) is 24.4 Å². The number of rotatable bonds is 5. The van der Waals surface area contributed by atoms with E-state index in [9.17, 15) is 5.11 Å². The van der Waals surface area contributed by atoms with Crippen LogP contribution in [0.25, 0.3) is 0 Å². The number of hydrogen-bond donors (Lipinski definition) is 2. The molecule has 1 saturated carbocycles. The number of nitrogens with zero attached hydrogens (tertiary/aromatic N) is 2. The van der Waals surface area contributed by atoms with Gasteiger partial charge in [0.15, 0.2) is 0 Å². The van der Waals surface area contributed by atoms with Crippen molar-refractivity contribution in [2.24, 2.45) is 5.92 Å². The second-order valence-electron chi connectivity index (χ2n) is 5.10. The number of aromatic nitrogens is 2. The molecule has 1 fully saturated rings. The van der Waals surface area contributed by atoms with Crippen LogP contribution in [0.1, 0.15) is 38.3 Å². The van der Waals surface area contributed by atoms with Crippen LogP contribution in [0, 0.1) is 12.8 Å². The van der Waals surface area contributed by atoms with Crippen molar-refractivity contribution in [3.63, 3.8) is 0 Å². The molecule has 1 aliphatic carbocycles. The molecule has 19 heavy (non-hydrogen) atoms. The van der Waals surface area contributed by atoms with Gasteiger partial charge in [-0.2, -0.15) is 4.98 Å². The van der Waals surface area contributed by atoms with E-state index in [-0.39, 0.29) is 6.10 Å². The third kappa shape index (κ3) is 4.06. The van der Waals surface area contributed by atoms with Gasteiger partial charge in [-0.15, -0.1) is 0 Å². The fraction of sp³-hybridized carbons (Fsp3) is 0.714. The van der Waals surface area contributed by atoms with Gasteiger partial charge in [0, 0.05) is 24.2 Å². The second kappa shape index (κ2) is 6.70. The quantitative estimate of drug-likeness (QED) is 0.854. The normalized spacial score (nSPS) is 23.1. The molecule has 0 saturated heterocycles. The molecule has 0 spiro atoms. The first-order valence-corrected chi connectivity index (χ1v) is 7.09. The minimum absolute atomic E-state index is 0.197. The Morgan fingerprint density at radius 3 is 2.89 bits per heavy atom. The van der Waals surface area contributed by atoms with Crippen LogP contribution in [0.3, 0.4) is 0 Å². The second-order valence-corrected chi connectivity index (χ2v) is 5.10. The predicted octanol–water partition coefficient (Wildman–Crippen LogP) is 2.15. The monoisotopic (exact) mass is 265 g/mol. The first-order chi connectivity index (χ1) is 9.19. The maximum Gasteiger partial charge on any atom is 0.226 e. The third-order valence-corrected chi connectivity index (χ3v) is 3.51. The zero-order valence-corrected chi connectivity index (χ0v) is 11.7. The summed E-state index contributed by atoms with van der Waals surface area (Å²) in [7, 11) is 0. The van der Waals surface area contributed by atoms with Crippen molar-refractivity contribution in [3.8, 4) is 5.88 Å². The molecule has 0 bridgehead atoms. The zero-order chi connectivity index (χ0) is 13.7. The van der Waals surface area contributed by atoms with E-state index in [1.807, 2.05) is 19.9 Å². The van der Waals surface area contributed by atoms with E-state index in [1.54, 1.807) is 0 Å². The molecule has 5 nitrogen and oxygen atoms in total. The van der Waals surface area contributed by atoms with Gasteiger partial charge < -0.3 is 15.2 Å². The molecule has 1 heterocycles. The Morgan fingerprint density at radius 1 is 1.37 bits per heavy atom. The summed E-state index contributed by atoms with van der Waals surface area (Å²) in [6.07, 6.45) is 4.11. The Morgan fingerprint density at radius 2 is 2.16 bits per heavy atom. The van der Waals surface area contributed by atoms with E-state index in [1.165, 1.54) is 6.42 Å². The summed E-state index contributed by atoms with van der Waals surface area (Å²) < 4.78 is 5.40. The molecule has 5 heteroatoms. The van der Waals surface area contributed by atoms with Crippen LogP contribution in [0.2, 0.25) is 0 Å². The summed E-state index contributed by atoms with van der Waals surface area (Å²) in [5, 5.41) is 13.2. The molecule has 106 valence electrons. The summed E-state index contributed by atoms with van der Waals surface area (Å²) in [4.78, 5) is 8.65. The molecule has 0 aliphatic heterocycles. The molecule has 2 N–H and O–H groups in total. The number of nitrogens with one attached hydrogen (secondary N) is 1. The highest BCUT2D eigenvalue weighted by Crippen LogP contribution is 2.24. The van der Waals surface area contributed by atoms with Crippen LogP contribution in [0.5, 0.6) is 5.88 Å². The minimum atomic E-state index is -0.197. The van der Waals surface area contributed by atoms with Crippen LogP contribution in [-0.2, 0) is 0 Å². The molecule has 2 atom stereocenters. The number of ether oxygens (including phenoxy) is 1. The molecule has 1 aromatic heterocycles. The van der Waals surface area contributed by atoms with Crippen molar-refractivity contribution in [2.45, 2.75) is 45.6 Å². The van der Waals surface area contributed by atoms with Gasteiger partial charge in [-0.3, -0.25) is 0 Å². The van der Waals surface area contributed by atoms with E-state index in [0.717, 1.165) is 31.5 Å². The lowest BCUT2D eigenvalue weighted by Crippen LogP contribution is -2.30. The van der Waals surface area contributed by atoms with Gasteiger partial charge in [-0.05, 0) is 26.7 Å². The van der Waals surface area contributed by atoms with Crippen molar-refractivity contribution in [1.82, 2.24) is 9.97 Å². The van der Waals surface area contributed by atoms with Gasteiger partial charge in [-0.25, -0.2) is 4.98 Å². The highest BCUT2D eigenvalue weighted by Gasteiger charge is 2.22. The number of hydrogen-bond acceptors (Lipinski definition) is 5. The standard InChI is InChI=1S/C14H23N3O2/c1-3-19-13-8-10(2)16-14(17-13)15-9-11-6-4-5-7-12(11)18/h8,11-12,18H,3-7,9H2,1-2H3,(H,15,16,17). The summed E-state index contributed by atoms with van der Waals surface area (Å²) in [6, 6.07) is 1.82. The average Bonchev–Trinajstić information content (AvgIpc) is 2.37. The van der Waals surface area contributed by atoms with E-state index in [2.05, 4.69) is 15.3 Å². The van der Waals surface area contributed by atoms with Gasteiger partial charge in [0.25, 0.3) is 0 Å². The molecule has 1 aromatic rings. The SMILES string of the molecule is CCOc1cc(C)nc(NCC2CCCCC2O)n1. The smallest absolute Gasteiger partial charge is 0.226 e. The van der Waals surface area contributed by atoms with E-state index >= 15 is 0 Å². The van der Waals surface area contributed by atoms with Crippen LogP contribution < -0.4 is 10.1 Å². The van der Waals surface area contributed by atoms with Crippen molar-refractivity contribution in [2.75, 3.05) is 18.5 Å². The fourth-order valence-corrected chi connectivity index (χ4v) is 2.49. The minimum Gasteiger partial charge on any atom is -0.478 e. The summed E-state index contributed by atoms with van der Waals surface area (Å²) in [6.45, 7) is 5.17. The maximum atomic E-state index is 9.93. The summed E-state index contributed by atoms with van der Waals surface area (Å²) >= 11 is 0. The van der Waals surface area contributed by atoms with Crippen LogP contribution in [-0.4, -0.2) is 34.3 Å². The lowest BCUT2D eigenvalue weighted by molar-refractivity contribution is 0.0762. The average molecular weight is 265 g/mol. The van der Waals surface area contributed by atoms with Crippen LogP contribution in [0.15, 0.2) is 6.07 Å². The van der Waals surface area contributed by atoms with Crippen LogP contribution >= 0.6 is 0 Å². The fourth-order valence-electron chi connectivity index (χ4n) is 2.49. The summed E-state index contributed by atoms with van der Waals surface area (Å²) in [5.74, 6) is 1.48. The molecule has 0 amide bonds. The number of anilines is 1. The predicted molar refractivity (Wildman–Crippen MR) is 74.4 cm³/mol. The van der Waals surface area contributed by atoms with Gasteiger partial charge in [-0.1, -0.05) is 12.8 Å². The Labute approximate surface area is 114 Å². The molecule has 2 rings (SSSR count). The lowest BCUT2D eigenvalue weighted by Gasteiger charge is -2.27. The summed E-state index contributed by atoms with van der Waals surface area (Å²) in [5.41, 5.74) is 0.880. The molecule has 1 aliphatic rings. The van der Waals surface area contributed by atoms with Crippen molar-refractivity contribution in [1.29, 1.82) is 0 Å². The molecule has 0 radical (unpaired) electrons. The third-order valence-electron chi connectivity index (χ3n) is 3.51. The first-order valence-electron chi connectivity index (χ1n) is 7.09. The van der Waals surface area contributed by atoms with E-state index in [4.69, 9.17) is 4.74 Å². The highest BCUT2D eigenvalue weighted by atomic mass is 16.5. The number of aryl methyl sites for hydroxylation is 1. The number of aliphatic hydroxyl groups excluding tert-OH is 1. The van der Waals surface area contributed by atoms with Crippen molar-refractivity contribution in [3.05, 3.63) is 11.8 Å².